The van der Waals surface area contributed by atoms with Crippen molar-refractivity contribution >= 4 is 12.4 Å². The zero-order valence-corrected chi connectivity index (χ0v) is 10.3. The Hall–Kier alpha value is -0.470. The van der Waals surface area contributed by atoms with Gasteiger partial charge < -0.3 is 9.73 Å². The summed E-state index contributed by atoms with van der Waals surface area (Å²) in [5.41, 5.74) is 1.25. The van der Waals surface area contributed by atoms with Crippen molar-refractivity contribution in [1.29, 1.82) is 0 Å². The molecule has 1 aromatic rings. The first-order valence-electron chi connectivity index (χ1n) is 5.57. The van der Waals surface area contributed by atoms with E-state index in [1.54, 1.807) is 6.26 Å². The van der Waals surface area contributed by atoms with E-state index in [4.69, 9.17) is 4.42 Å². The van der Waals surface area contributed by atoms with Gasteiger partial charge >= 0.3 is 0 Å². The molecule has 2 atom stereocenters. The standard InChI is InChI=1S/C12H19NO.ClH/c1-3-4-10-7-11(10)13-8-12-9(2)5-6-14-12;/h5-6,10-11,13H,3-4,7-8H2,1-2H3;1H. The molecule has 0 spiro atoms. The number of hydrogen-bond donors (Lipinski definition) is 1. The number of hydrogen-bond acceptors (Lipinski definition) is 2. The molecule has 0 aliphatic heterocycles. The van der Waals surface area contributed by atoms with Crippen molar-refractivity contribution in [3.8, 4) is 0 Å². The van der Waals surface area contributed by atoms with E-state index in [2.05, 4.69) is 19.2 Å². The third kappa shape index (κ3) is 3.25. The van der Waals surface area contributed by atoms with Crippen LogP contribution in [0.25, 0.3) is 0 Å². The Morgan fingerprint density at radius 3 is 2.93 bits per heavy atom. The molecule has 3 heteroatoms. The summed E-state index contributed by atoms with van der Waals surface area (Å²) in [7, 11) is 0. The van der Waals surface area contributed by atoms with Crippen LogP contribution in [-0.4, -0.2) is 6.04 Å². The first-order chi connectivity index (χ1) is 6.81. The molecule has 86 valence electrons. The lowest BCUT2D eigenvalue weighted by molar-refractivity contribution is 0.472. The van der Waals surface area contributed by atoms with Crippen LogP contribution >= 0.6 is 12.4 Å². The monoisotopic (exact) mass is 229 g/mol. The zero-order chi connectivity index (χ0) is 9.97. The van der Waals surface area contributed by atoms with E-state index >= 15 is 0 Å². The molecule has 1 aliphatic rings. The van der Waals surface area contributed by atoms with Crippen LogP contribution < -0.4 is 5.32 Å². The van der Waals surface area contributed by atoms with Gasteiger partial charge in [-0.15, -0.1) is 12.4 Å². The fourth-order valence-electron chi connectivity index (χ4n) is 2.00. The predicted molar refractivity (Wildman–Crippen MR) is 64.3 cm³/mol. The molecule has 0 amide bonds. The maximum absolute atomic E-state index is 5.38. The normalized spacial score (nSPS) is 23.6. The Bertz CT molecular complexity index is 298. The second-order valence-electron chi connectivity index (χ2n) is 4.30. The summed E-state index contributed by atoms with van der Waals surface area (Å²) < 4.78 is 5.38. The molecule has 15 heavy (non-hydrogen) atoms. The van der Waals surface area contributed by atoms with Gasteiger partial charge in [-0.1, -0.05) is 13.3 Å². The predicted octanol–water partition coefficient (Wildman–Crippen LogP) is 3.29. The summed E-state index contributed by atoms with van der Waals surface area (Å²) in [6, 6.07) is 2.77. The quantitative estimate of drug-likeness (QED) is 0.838. The summed E-state index contributed by atoms with van der Waals surface area (Å²) in [5.74, 6) is 2.02. The van der Waals surface area contributed by atoms with Gasteiger partial charge in [0.05, 0.1) is 12.8 Å². The van der Waals surface area contributed by atoms with E-state index < -0.39 is 0 Å². The topological polar surface area (TPSA) is 25.2 Å². The Kier molecular flexibility index (Phi) is 4.68. The molecular weight excluding hydrogens is 210 g/mol. The van der Waals surface area contributed by atoms with Crippen LogP contribution in [0.2, 0.25) is 0 Å². The molecule has 1 fully saturated rings. The Morgan fingerprint density at radius 2 is 2.33 bits per heavy atom. The minimum absolute atomic E-state index is 0. The van der Waals surface area contributed by atoms with Gasteiger partial charge in [0.1, 0.15) is 5.76 Å². The van der Waals surface area contributed by atoms with Crippen molar-refractivity contribution in [3.63, 3.8) is 0 Å². The highest BCUT2D eigenvalue weighted by atomic mass is 35.5. The fraction of sp³-hybridized carbons (Fsp3) is 0.667. The number of nitrogens with one attached hydrogen (secondary N) is 1. The summed E-state index contributed by atoms with van der Waals surface area (Å²) in [6.45, 7) is 5.24. The van der Waals surface area contributed by atoms with E-state index in [0.29, 0.717) is 0 Å². The van der Waals surface area contributed by atoms with Gasteiger partial charge in [-0.25, -0.2) is 0 Å². The van der Waals surface area contributed by atoms with Crippen molar-refractivity contribution in [3.05, 3.63) is 23.7 Å². The zero-order valence-electron chi connectivity index (χ0n) is 9.45. The van der Waals surface area contributed by atoms with Crippen LogP contribution in [0.1, 0.15) is 37.5 Å². The number of halogens is 1. The lowest BCUT2D eigenvalue weighted by Gasteiger charge is -2.02. The number of aryl methyl sites for hydroxylation is 1. The summed E-state index contributed by atoms with van der Waals surface area (Å²) in [6.07, 6.45) is 5.80. The maximum Gasteiger partial charge on any atom is 0.120 e. The molecule has 0 radical (unpaired) electrons. The molecule has 2 unspecified atom stereocenters. The summed E-state index contributed by atoms with van der Waals surface area (Å²) in [4.78, 5) is 0. The highest BCUT2D eigenvalue weighted by molar-refractivity contribution is 5.85. The number of rotatable bonds is 5. The molecule has 0 aromatic carbocycles. The van der Waals surface area contributed by atoms with Crippen LogP contribution in [0, 0.1) is 12.8 Å². The van der Waals surface area contributed by atoms with Gasteiger partial charge in [0.15, 0.2) is 0 Å². The third-order valence-electron chi connectivity index (χ3n) is 3.08. The van der Waals surface area contributed by atoms with Crippen LogP contribution in [0.3, 0.4) is 0 Å². The van der Waals surface area contributed by atoms with Crippen LogP contribution in [-0.2, 0) is 6.54 Å². The molecular formula is C12H20ClNO. The Labute approximate surface area is 97.8 Å². The Balaban J connectivity index is 0.00000112. The molecule has 1 saturated carbocycles. The van der Waals surface area contributed by atoms with Crippen molar-refractivity contribution in [1.82, 2.24) is 5.32 Å². The van der Waals surface area contributed by atoms with E-state index in [9.17, 15) is 0 Å². The minimum Gasteiger partial charge on any atom is -0.468 e. The number of furan rings is 1. The maximum atomic E-state index is 5.38. The highest BCUT2D eigenvalue weighted by Gasteiger charge is 2.35. The SMILES string of the molecule is CCCC1CC1NCc1occc1C.Cl. The van der Waals surface area contributed by atoms with E-state index in [1.807, 2.05) is 6.07 Å². The summed E-state index contributed by atoms with van der Waals surface area (Å²) >= 11 is 0. The van der Waals surface area contributed by atoms with E-state index in [0.717, 1.165) is 24.3 Å². The molecule has 2 nitrogen and oxygen atoms in total. The molecule has 0 saturated heterocycles. The van der Waals surface area contributed by atoms with Crippen molar-refractivity contribution < 1.29 is 4.42 Å². The van der Waals surface area contributed by atoms with E-state index in [-0.39, 0.29) is 12.4 Å². The first-order valence-corrected chi connectivity index (χ1v) is 5.57. The van der Waals surface area contributed by atoms with Crippen molar-refractivity contribution in [2.24, 2.45) is 5.92 Å². The lowest BCUT2D eigenvalue weighted by atomic mass is 10.2. The summed E-state index contributed by atoms with van der Waals surface area (Å²) in [5, 5.41) is 3.54. The van der Waals surface area contributed by atoms with Crippen molar-refractivity contribution in [2.75, 3.05) is 0 Å². The molecule has 0 bridgehead atoms. The van der Waals surface area contributed by atoms with Gasteiger partial charge in [-0.2, -0.15) is 0 Å². The first kappa shape index (κ1) is 12.6. The average molecular weight is 230 g/mol. The van der Waals surface area contributed by atoms with Gasteiger partial charge in [0.2, 0.25) is 0 Å². The molecule has 1 aromatic heterocycles. The highest BCUT2D eigenvalue weighted by Crippen LogP contribution is 2.34. The molecule has 1 heterocycles. The third-order valence-corrected chi connectivity index (χ3v) is 3.08. The fourth-order valence-corrected chi connectivity index (χ4v) is 2.00. The Morgan fingerprint density at radius 1 is 1.53 bits per heavy atom. The van der Waals surface area contributed by atoms with Crippen LogP contribution in [0.4, 0.5) is 0 Å². The van der Waals surface area contributed by atoms with Crippen molar-refractivity contribution in [2.45, 2.75) is 45.7 Å². The largest absolute Gasteiger partial charge is 0.468 e. The lowest BCUT2D eigenvalue weighted by Crippen LogP contribution is -2.17. The molecule has 2 rings (SSSR count). The van der Waals surface area contributed by atoms with E-state index in [1.165, 1.54) is 24.8 Å². The minimum atomic E-state index is 0. The molecule has 1 aliphatic carbocycles. The van der Waals surface area contributed by atoms with Crippen LogP contribution in [0.15, 0.2) is 16.7 Å². The van der Waals surface area contributed by atoms with Gasteiger partial charge in [-0.05, 0) is 37.3 Å². The van der Waals surface area contributed by atoms with Crippen LogP contribution in [0.5, 0.6) is 0 Å². The molecule has 1 N–H and O–H groups in total. The average Bonchev–Trinajstić information content (AvgIpc) is 2.78. The second-order valence-corrected chi connectivity index (χ2v) is 4.30. The smallest absolute Gasteiger partial charge is 0.120 e. The second kappa shape index (κ2) is 5.57. The van der Waals surface area contributed by atoms with Gasteiger partial charge in [0, 0.05) is 6.04 Å². The van der Waals surface area contributed by atoms with Gasteiger partial charge in [-0.3, -0.25) is 0 Å². The van der Waals surface area contributed by atoms with Gasteiger partial charge in [0.25, 0.3) is 0 Å².